The quantitative estimate of drug-likeness (QED) is 0.258. The molecule has 0 amide bonds. The number of aliphatic hydroxyl groups excluding tert-OH is 1. The van der Waals surface area contributed by atoms with E-state index in [4.69, 9.17) is 4.74 Å². The van der Waals surface area contributed by atoms with Crippen molar-refractivity contribution in [2.75, 3.05) is 26.2 Å². The largest absolute Gasteiger partial charge is 0.489 e. The maximum atomic E-state index is 9.17. The molecule has 150 valence electrons. The number of aliphatic imine (C=N–C) groups is 1. The molecule has 0 aliphatic carbocycles. The predicted octanol–water partition coefficient (Wildman–Crippen LogP) is 3.73. The summed E-state index contributed by atoms with van der Waals surface area (Å²) in [5.41, 5.74) is 1.14. The van der Waals surface area contributed by atoms with Gasteiger partial charge in [0.05, 0.1) is 6.54 Å². The predicted molar refractivity (Wildman–Crippen MR) is 121 cm³/mol. The molecule has 1 aromatic rings. The number of nitrogens with one attached hydrogen (secondary N) is 2. The van der Waals surface area contributed by atoms with Crippen LogP contribution in [0.3, 0.4) is 0 Å². The molecule has 0 saturated carbocycles. The minimum absolute atomic E-state index is 0. The minimum atomic E-state index is 0. The Morgan fingerprint density at radius 2 is 1.92 bits per heavy atom. The van der Waals surface area contributed by atoms with Crippen LogP contribution in [0, 0.1) is 12.8 Å². The summed E-state index contributed by atoms with van der Waals surface area (Å²) in [5.74, 6) is 2.16. The summed E-state index contributed by atoms with van der Waals surface area (Å²) >= 11 is 0. The van der Waals surface area contributed by atoms with E-state index >= 15 is 0 Å². The molecule has 3 N–H and O–H groups in total. The third-order valence-corrected chi connectivity index (χ3v) is 4.06. The Kier molecular flexibility index (Phi) is 14.5. The zero-order chi connectivity index (χ0) is 18.5. The molecule has 2 unspecified atom stereocenters. The zero-order valence-corrected chi connectivity index (χ0v) is 19.0. The lowest BCUT2D eigenvalue weighted by Crippen LogP contribution is -2.42. The summed E-state index contributed by atoms with van der Waals surface area (Å²) in [4.78, 5) is 4.68. The van der Waals surface area contributed by atoms with E-state index in [0.29, 0.717) is 12.5 Å². The number of nitrogens with zero attached hydrogens (tertiary/aromatic N) is 1. The molecule has 0 bridgehead atoms. The number of hydrogen-bond acceptors (Lipinski definition) is 3. The van der Waals surface area contributed by atoms with Crippen LogP contribution in [0.4, 0.5) is 0 Å². The second-order valence-corrected chi connectivity index (χ2v) is 6.46. The van der Waals surface area contributed by atoms with Crippen LogP contribution in [0.15, 0.2) is 29.3 Å². The first kappa shape index (κ1) is 25.0. The lowest BCUT2D eigenvalue weighted by Gasteiger charge is -2.19. The molecule has 0 fully saturated rings. The van der Waals surface area contributed by atoms with Crippen LogP contribution in [-0.2, 0) is 0 Å². The van der Waals surface area contributed by atoms with Crippen molar-refractivity contribution in [3.8, 4) is 5.75 Å². The van der Waals surface area contributed by atoms with Crippen LogP contribution in [-0.4, -0.2) is 43.4 Å². The SMILES string of the molecule is CCCC(CCO)CN=C(NCC)NCC(C)Oc1ccccc1C.I. The number of aliphatic hydroxyl groups is 1. The maximum absolute atomic E-state index is 9.17. The van der Waals surface area contributed by atoms with Crippen molar-refractivity contribution < 1.29 is 9.84 Å². The molecular formula is C20H36IN3O2. The van der Waals surface area contributed by atoms with Gasteiger partial charge in [-0.25, -0.2) is 0 Å². The first-order chi connectivity index (χ1) is 12.1. The third-order valence-electron chi connectivity index (χ3n) is 4.06. The monoisotopic (exact) mass is 477 g/mol. The van der Waals surface area contributed by atoms with Crippen molar-refractivity contribution in [2.45, 2.75) is 53.1 Å². The van der Waals surface area contributed by atoms with Crippen LogP contribution in [0.5, 0.6) is 5.75 Å². The van der Waals surface area contributed by atoms with Crippen LogP contribution in [0.1, 0.15) is 45.6 Å². The standard InChI is InChI=1S/C20H35N3O2.HI/c1-5-9-18(12-13-24)15-23-20(21-6-2)22-14-17(4)25-19-11-8-7-10-16(19)3;/h7-8,10-11,17-18,24H,5-6,9,12-15H2,1-4H3,(H2,21,22,23);1H. The summed E-state index contributed by atoms with van der Waals surface area (Å²) in [6.45, 7) is 10.8. The number of benzene rings is 1. The van der Waals surface area contributed by atoms with Crippen molar-refractivity contribution in [2.24, 2.45) is 10.9 Å². The Balaban J connectivity index is 0.00000625. The highest BCUT2D eigenvalue weighted by Gasteiger charge is 2.09. The fourth-order valence-electron chi connectivity index (χ4n) is 2.67. The highest BCUT2D eigenvalue weighted by atomic mass is 127. The van der Waals surface area contributed by atoms with Crippen molar-refractivity contribution in [1.82, 2.24) is 10.6 Å². The number of aryl methyl sites for hydroxylation is 1. The number of rotatable bonds is 11. The van der Waals surface area contributed by atoms with Gasteiger partial charge in [-0.05, 0) is 51.2 Å². The summed E-state index contributed by atoms with van der Waals surface area (Å²) in [7, 11) is 0. The maximum Gasteiger partial charge on any atom is 0.191 e. The first-order valence-electron chi connectivity index (χ1n) is 9.45. The molecule has 0 radical (unpaired) electrons. The molecule has 5 nitrogen and oxygen atoms in total. The van der Waals surface area contributed by atoms with Gasteiger partial charge in [-0.1, -0.05) is 31.5 Å². The minimum Gasteiger partial charge on any atom is -0.489 e. The lowest BCUT2D eigenvalue weighted by atomic mass is 10.0. The molecule has 1 rings (SSSR count). The molecule has 2 atom stereocenters. The second kappa shape index (κ2) is 15.1. The topological polar surface area (TPSA) is 65.9 Å². The molecule has 6 heteroatoms. The van der Waals surface area contributed by atoms with E-state index in [-0.39, 0.29) is 36.7 Å². The lowest BCUT2D eigenvalue weighted by molar-refractivity contribution is 0.222. The normalized spacial score (nSPS) is 13.5. The molecule has 26 heavy (non-hydrogen) atoms. The van der Waals surface area contributed by atoms with Gasteiger partial charge in [0.15, 0.2) is 5.96 Å². The van der Waals surface area contributed by atoms with E-state index < -0.39 is 0 Å². The molecule has 0 saturated heterocycles. The summed E-state index contributed by atoms with van der Waals surface area (Å²) < 4.78 is 6.00. The summed E-state index contributed by atoms with van der Waals surface area (Å²) in [6, 6.07) is 8.05. The van der Waals surface area contributed by atoms with Crippen LogP contribution < -0.4 is 15.4 Å². The number of halogens is 1. The van der Waals surface area contributed by atoms with Gasteiger partial charge in [-0.2, -0.15) is 0 Å². The third kappa shape index (κ3) is 10.2. The Bertz CT molecular complexity index is 506. The highest BCUT2D eigenvalue weighted by molar-refractivity contribution is 14.0. The number of para-hydroxylation sites is 1. The van der Waals surface area contributed by atoms with Gasteiger partial charge in [-0.3, -0.25) is 4.99 Å². The van der Waals surface area contributed by atoms with Gasteiger partial charge in [0, 0.05) is 19.7 Å². The van der Waals surface area contributed by atoms with E-state index in [0.717, 1.165) is 49.6 Å². The smallest absolute Gasteiger partial charge is 0.191 e. The first-order valence-corrected chi connectivity index (χ1v) is 9.45. The molecule has 0 aliphatic heterocycles. The van der Waals surface area contributed by atoms with Crippen molar-refractivity contribution in [1.29, 1.82) is 0 Å². The number of hydrogen-bond donors (Lipinski definition) is 3. The molecule has 0 spiro atoms. The van der Waals surface area contributed by atoms with Gasteiger partial charge in [0.25, 0.3) is 0 Å². The van der Waals surface area contributed by atoms with Crippen molar-refractivity contribution in [3.05, 3.63) is 29.8 Å². The Hall–Kier alpha value is -1.02. The van der Waals surface area contributed by atoms with Gasteiger partial charge < -0.3 is 20.5 Å². The average molecular weight is 477 g/mol. The summed E-state index contributed by atoms with van der Waals surface area (Å²) in [6.07, 6.45) is 3.06. The van der Waals surface area contributed by atoms with Crippen molar-refractivity contribution in [3.63, 3.8) is 0 Å². The van der Waals surface area contributed by atoms with E-state index in [9.17, 15) is 5.11 Å². The Morgan fingerprint density at radius 1 is 1.19 bits per heavy atom. The van der Waals surface area contributed by atoms with E-state index in [2.05, 4.69) is 49.4 Å². The molecule has 1 aromatic carbocycles. The number of ether oxygens (including phenoxy) is 1. The second-order valence-electron chi connectivity index (χ2n) is 6.46. The van der Waals surface area contributed by atoms with Gasteiger partial charge in [0.1, 0.15) is 11.9 Å². The van der Waals surface area contributed by atoms with E-state index in [1.54, 1.807) is 0 Å². The van der Waals surface area contributed by atoms with Crippen LogP contribution in [0.25, 0.3) is 0 Å². The molecule has 0 heterocycles. The summed E-state index contributed by atoms with van der Waals surface area (Å²) in [5, 5.41) is 15.8. The fraction of sp³-hybridized carbons (Fsp3) is 0.650. The van der Waals surface area contributed by atoms with Gasteiger partial charge in [-0.15, -0.1) is 24.0 Å². The van der Waals surface area contributed by atoms with Crippen LogP contribution >= 0.6 is 24.0 Å². The molecule has 0 aromatic heterocycles. The van der Waals surface area contributed by atoms with Crippen LogP contribution in [0.2, 0.25) is 0 Å². The van der Waals surface area contributed by atoms with E-state index in [1.807, 2.05) is 18.2 Å². The van der Waals surface area contributed by atoms with Gasteiger partial charge in [0.2, 0.25) is 0 Å². The highest BCUT2D eigenvalue weighted by Crippen LogP contribution is 2.17. The zero-order valence-electron chi connectivity index (χ0n) is 16.6. The van der Waals surface area contributed by atoms with E-state index in [1.165, 1.54) is 0 Å². The molecular weight excluding hydrogens is 441 g/mol. The Morgan fingerprint density at radius 3 is 2.54 bits per heavy atom. The van der Waals surface area contributed by atoms with Crippen molar-refractivity contribution >= 4 is 29.9 Å². The number of guanidine groups is 1. The fourth-order valence-corrected chi connectivity index (χ4v) is 2.67. The average Bonchev–Trinajstić information content (AvgIpc) is 2.59. The molecule has 0 aliphatic rings. The van der Waals surface area contributed by atoms with Gasteiger partial charge >= 0.3 is 0 Å². The Labute approximate surface area is 176 Å².